The van der Waals surface area contributed by atoms with Crippen molar-refractivity contribution >= 4 is 65.8 Å². The van der Waals surface area contributed by atoms with Gasteiger partial charge in [-0.15, -0.1) is 0 Å². The molecule has 1 saturated heterocycles. The predicted octanol–water partition coefficient (Wildman–Crippen LogP) is 5.97. The molecule has 228 valence electrons. The minimum atomic E-state index is -3.60. The van der Waals surface area contributed by atoms with Gasteiger partial charge in [-0.3, -0.25) is 14.3 Å². The lowest BCUT2D eigenvalue weighted by Gasteiger charge is -2.30. The van der Waals surface area contributed by atoms with Gasteiger partial charge in [-0.05, 0) is 111 Å². The van der Waals surface area contributed by atoms with Crippen LogP contribution in [-0.4, -0.2) is 72.8 Å². The summed E-state index contributed by atoms with van der Waals surface area (Å²) in [5, 5.41) is 6.63. The third-order valence-electron chi connectivity index (χ3n) is 7.56. The molecule has 0 radical (unpaired) electrons. The van der Waals surface area contributed by atoms with E-state index in [9.17, 15) is 8.42 Å². The Morgan fingerprint density at radius 2 is 1.79 bits per heavy atom. The van der Waals surface area contributed by atoms with Crippen LogP contribution in [0.15, 0.2) is 47.3 Å². The van der Waals surface area contributed by atoms with Crippen LogP contribution in [0.1, 0.15) is 43.7 Å². The molecule has 13 heteroatoms. The van der Waals surface area contributed by atoms with Crippen LogP contribution in [0.3, 0.4) is 0 Å². The Morgan fingerprint density at radius 3 is 2.49 bits per heavy atom. The lowest BCUT2D eigenvalue weighted by Crippen LogP contribution is -2.29. The number of nitrogens with zero attached hydrogens (tertiary/aromatic N) is 6. The first-order chi connectivity index (χ1) is 20.4. The Labute approximate surface area is 261 Å². The minimum absolute atomic E-state index is 0.0158. The first-order valence-corrected chi connectivity index (χ1v) is 16.8. The van der Waals surface area contributed by atoms with E-state index in [1.165, 1.54) is 28.7 Å². The maximum absolute atomic E-state index is 12.6. The average molecular weight is 670 g/mol. The second kappa shape index (κ2) is 12.6. The lowest BCUT2D eigenvalue weighted by molar-refractivity contribution is 0.241. The maximum atomic E-state index is 12.6. The van der Waals surface area contributed by atoms with Gasteiger partial charge in [0, 0.05) is 25.6 Å². The van der Waals surface area contributed by atoms with Gasteiger partial charge in [0.25, 0.3) is 0 Å². The summed E-state index contributed by atoms with van der Waals surface area (Å²) in [6.07, 6.45) is 8.10. The number of piperidine rings is 1. The van der Waals surface area contributed by atoms with Crippen LogP contribution >= 0.6 is 15.9 Å². The molecule has 1 fully saturated rings. The number of benzene rings is 2. The lowest BCUT2D eigenvalue weighted by atomic mass is 9.86. The first kappa shape index (κ1) is 30.9. The van der Waals surface area contributed by atoms with Crippen LogP contribution in [0.5, 0.6) is 5.75 Å². The van der Waals surface area contributed by atoms with Crippen LogP contribution in [-0.2, 0) is 10.0 Å². The predicted molar refractivity (Wildman–Crippen MR) is 175 cm³/mol. The van der Waals surface area contributed by atoms with Gasteiger partial charge < -0.3 is 20.3 Å². The standard InChI is InChI=1S/C30H37BrN8O3S/c1-18(2)42-26-16-21(20-9-13-38(4)14-10-20)19(3)15-25(26)36-30-34-17-22(31)29(37-30)35-24-8-7-23-27(33-12-11-32-23)28(24)39(5)43(6,40)41/h7-8,11-12,15-18,20H,9-10,13-14H2,1-6H3,(H2,34,35,36,37). The van der Waals surface area contributed by atoms with Gasteiger partial charge >= 0.3 is 0 Å². The summed E-state index contributed by atoms with van der Waals surface area (Å²) >= 11 is 3.54. The summed E-state index contributed by atoms with van der Waals surface area (Å²) in [7, 11) is 0.0540. The highest BCUT2D eigenvalue weighted by Gasteiger charge is 2.24. The van der Waals surface area contributed by atoms with E-state index >= 15 is 0 Å². The number of ether oxygens (including phenoxy) is 1. The summed E-state index contributed by atoms with van der Waals surface area (Å²) < 4.78 is 33.2. The second-order valence-corrected chi connectivity index (χ2v) is 14.1. The van der Waals surface area contributed by atoms with Crippen molar-refractivity contribution in [3.8, 4) is 5.75 Å². The third-order valence-corrected chi connectivity index (χ3v) is 9.32. The molecule has 0 unspecified atom stereocenters. The zero-order valence-corrected chi connectivity index (χ0v) is 27.6. The van der Waals surface area contributed by atoms with E-state index in [0.717, 1.165) is 43.6 Å². The maximum Gasteiger partial charge on any atom is 0.232 e. The van der Waals surface area contributed by atoms with Gasteiger partial charge in [0.1, 0.15) is 22.8 Å². The fourth-order valence-corrected chi connectivity index (χ4v) is 6.09. The Balaban J connectivity index is 1.49. The Bertz CT molecular complexity index is 1740. The number of halogens is 1. The molecule has 0 atom stereocenters. The fourth-order valence-electron chi connectivity index (χ4n) is 5.28. The summed E-state index contributed by atoms with van der Waals surface area (Å²) in [5.41, 5.74) is 5.15. The molecule has 4 aromatic rings. The van der Waals surface area contributed by atoms with Crippen molar-refractivity contribution < 1.29 is 13.2 Å². The van der Waals surface area contributed by atoms with Crippen LogP contribution in [0.4, 0.5) is 28.8 Å². The summed E-state index contributed by atoms with van der Waals surface area (Å²) in [4.78, 5) is 20.4. The van der Waals surface area contributed by atoms with Crippen LogP contribution in [0.25, 0.3) is 11.0 Å². The van der Waals surface area contributed by atoms with Crippen molar-refractivity contribution in [2.75, 3.05) is 48.4 Å². The van der Waals surface area contributed by atoms with E-state index in [-0.39, 0.29) is 6.10 Å². The van der Waals surface area contributed by atoms with E-state index < -0.39 is 10.0 Å². The SMILES string of the molecule is Cc1cc(Nc2ncc(Br)c(Nc3ccc4nccnc4c3N(C)S(C)(=O)=O)n2)c(OC(C)C)cc1C1CCN(C)CC1. The van der Waals surface area contributed by atoms with E-state index in [1.807, 2.05) is 13.8 Å². The Kier molecular flexibility index (Phi) is 9.04. The molecule has 0 aliphatic carbocycles. The molecule has 1 aliphatic heterocycles. The minimum Gasteiger partial charge on any atom is -0.489 e. The topological polar surface area (TPSA) is 125 Å². The molecule has 0 bridgehead atoms. The second-order valence-electron chi connectivity index (χ2n) is 11.2. The zero-order chi connectivity index (χ0) is 30.9. The summed E-state index contributed by atoms with van der Waals surface area (Å²) in [5.74, 6) is 2.03. The van der Waals surface area contributed by atoms with Gasteiger partial charge in [0.15, 0.2) is 0 Å². The number of fused-ring (bicyclic) bond motifs is 1. The largest absolute Gasteiger partial charge is 0.489 e. The number of aromatic nitrogens is 4. The number of hydrogen-bond donors (Lipinski definition) is 2. The van der Waals surface area contributed by atoms with Crippen LogP contribution in [0.2, 0.25) is 0 Å². The highest BCUT2D eigenvalue weighted by molar-refractivity contribution is 9.10. The quantitative estimate of drug-likeness (QED) is 0.220. The molecular weight excluding hydrogens is 632 g/mol. The molecule has 2 aromatic carbocycles. The third kappa shape index (κ3) is 7.00. The van der Waals surface area contributed by atoms with Crippen molar-refractivity contribution in [3.05, 3.63) is 58.5 Å². The Hall–Kier alpha value is -3.55. The van der Waals surface area contributed by atoms with E-state index in [0.29, 0.717) is 44.6 Å². The summed E-state index contributed by atoms with van der Waals surface area (Å²) in [6, 6.07) is 7.80. The van der Waals surface area contributed by atoms with Crippen molar-refractivity contribution in [1.82, 2.24) is 24.8 Å². The van der Waals surface area contributed by atoms with Crippen LogP contribution in [0, 0.1) is 6.92 Å². The number of aryl methyl sites for hydroxylation is 1. The van der Waals surface area contributed by atoms with E-state index in [4.69, 9.17) is 9.72 Å². The van der Waals surface area contributed by atoms with Crippen molar-refractivity contribution in [2.24, 2.45) is 0 Å². The molecule has 2 N–H and O–H groups in total. The molecule has 43 heavy (non-hydrogen) atoms. The molecule has 5 rings (SSSR count). The molecule has 1 aliphatic rings. The van der Waals surface area contributed by atoms with Gasteiger partial charge in [0.2, 0.25) is 16.0 Å². The number of nitrogens with one attached hydrogen (secondary N) is 2. The smallest absolute Gasteiger partial charge is 0.232 e. The first-order valence-electron chi connectivity index (χ1n) is 14.1. The van der Waals surface area contributed by atoms with Gasteiger partial charge in [-0.2, -0.15) is 4.98 Å². The normalized spacial score (nSPS) is 14.7. The van der Waals surface area contributed by atoms with Crippen molar-refractivity contribution in [3.63, 3.8) is 0 Å². The number of likely N-dealkylation sites (tertiary alicyclic amines) is 1. The van der Waals surface area contributed by atoms with Gasteiger partial charge in [-0.25, -0.2) is 13.4 Å². The molecule has 11 nitrogen and oxygen atoms in total. The Morgan fingerprint density at radius 1 is 1.07 bits per heavy atom. The van der Waals surface area contributed by atoms with Crippen molar-refractivity contribution in [2.45, 2.75) is 45.6 Å². The molecule has 0 amide bonds. The van der Waals surface area contributed by atoms with Gasteiger partial charge in [0.05, 0.1) is 33.7 Å². The number of rotatable bonds is 9. The fraction of sp³-hybridized carbons (Fsp3) is 0.400. The monoisotopic (exact) mass is 668 g/mol. The number of anilines is 5. The average Bonchev–Trinajstić information content (AvgIpc) is 2.95. The number of sulfonamides is 1. The number of hydrogen-bond acceptors (Lipinski definition) is 10. The molecule has 2 aromatic heterocycles. The van der Waals surface area contributed by atoms with E-state index in [1.54, 1.807) is 24.5 Å². The van der Waals surface area contributed by atoms with Crippen molar-refractivity contribution in [1.29, 1.82) is 0 Å². The summed E-state index contributed by atoms with van der Waals surface area (Å²) in [6.45, 7) is 8.32. The zero-order valence-electron chi connectivity index (χ0n) is 25.2. The molecule has 0 spiro atoms. The van der Waals surface area contributed by atoms with E-state index in [2.05, 4.69) is 72.5 Å². The molecule has 3 heterocycles. The van der Waals surface area contributed by atoms with Crippen LogP contribution < -0.4 is 19.7 Å². The van der Waals surface area contributed by atoms with Gasteiger partial charge in [-0.1, -0.05) is 0 Å². The highest BCUT2D eigenvalue weighted by atomic mass is 79.9. The molecular formula is C30H37BrN8O3S. The molecule has 0 saturated carbocycles. The highest BCUT2D eigenvalue weighted by Crippen LogP contribution is 2.39.